The number of aliphatic carboxylic acids is 1. The Kier molecular flexibility index (Phi) is 5.02. The summed E-state index contributed by atoms with van der Waals surface area (Å²) in [5.74, 6) is -0.732. The Morgan fingerprint density at radius 2 is 1.89 bits per heavy atom. The van der Waals surface area contributed by atoms with Gasteiger partial charge >= 0.3 is 5.97 Å². The van der Waals surface area contributed by atoms with Gasteiger partial charge in [-0.3, -0.25) is 14.5 Å². The maximum atomic E-state index is 12.6. The van der Waals surface area contributed by atoms with Crippen LogP contribution in [-0.2, 0) is 9.59 Å². The van der Waals surface area contributed by atoms with Crippen LogP contribution >= 0.6 is 24.0 Å². The SMILES string of the molecule is O=C(O)CN1C(=O)/C(=C/C2=Cc3ccccc3OC2c2ccccc2)SC1=S. The molecule has 0 aromatic heterocycles. The maximum absolute atomic E-state index is 12.6. The van der Waals surface area contributed by atoms with Crippen molar-refractivity contribution in [2.75, 3.05) is 6.54 Å². The number of carboxylic acids is 1. The van der Waals surface area contributed by atoms with E-state index in [1.807, 2.05) is 60.7 Å². The van der Waals surface area contributed by atoms with Crippen molar-refractivity contribution in [1.29, 1.82) is 0 Å². The van der Waals surface area contributed by atoms with Crippen LogP contribution in [0.15, 0.2) is 71.2 Å². The number of carbonyl (C=O) groups excluding carboxylic acids is 1. The van der Waals surface area contributed by atoms with E-state index < -0.39 is 18.4 Å². The Labute approximate surface area is 171 Å². The molecule has 2 aliphatic rings. The summed E-state index contributed by atoms with van der Waals surface area (Å²) in [6.45, 7) is -0.442. The van der Waals surface area contributed by atoms with Gasteiger partial charge in [0.25, 0.3) is 5.91 Å². The van der Waals surface area contributed by atoms with Gasteiger partial charge in [0, 0.05) is 5.56 Å². The molecule has 2 aliphatic heterocycles. The van der Waals surface area contributed by atoms with Crippen LogP contribution in [0, 0.1) is 0 Å². The quantitative estimate of drug-likeness (QED) is 0.607. The summed E-state index contributed by atoms with van der Waals surface area (Å²) in [6.07, 6.45) is 3.36. The highest BCUT2D eigenvalue weighted by molar-refractivity contribution is 8.26. The molecule has 0 bridgehead atoms. The third-order valence-electron chi connectivity index (χ3n) is 4.36. The number of benzene rings is 2. The molecular weight excluding hydrogens is 394 g/mol. The molecule has 0 aliphatic carbocycles. The van der Waals surface area contributed by atoms with Crippen LogP contribution in [0.2, 0.25) is 0 Å². The van der Waals surface area contributed by atoms with Gasteiger partial charge in [-0.1, -0.05) is 72.5 Å². The fourth-order valence-corrected chi connectivity index (χ4v) is 4.34. The molecule has 140 valence electrons. The second-order valence-electron chi connectivity index (χ2n) is 6.25. The van der Waals surface area contributed by atoms with Gasteiger partial charge in [0.05, 0.1) is 4.91 Å². The predicted octanol–water partition coefficient (Wildman–Crippen LogP) is 4.03. The van der Waals surface area contributed by atoms with Crippen molar-refractivity contribution in [2.45, 2.75) is 6.10 Å². The largest absolute Gasteiger partial charge is 0.480 e. The van der Waals surface area contributed by atoms with Crippen LogP contribution < -0.4 is 4.74 Å². The van der Waals surface area contributed by atoms with Crippen molar-refractivity contribution in [2.24, 2.45) is 0 Å². The first-order chi connectivity index (χ1) is 13.5. The van der Waals surface area contributed by atoms with E-state index >= 15 is 0 Å². The smallest absolute Gasteiger partial charge is 0.323 e. The van der Waals surface area contributed by atoms with Crippen LogP contribution in [0.4, 0.5) is 0 Å². The molecule has 2 aromatic rings. The molecule has 5 nitrogen and oxygen atoms in total. The normalized spacial score (nSPS) is 20.0. The Bertz CT molecular complexity index is 1030. The van der Waals surface area contributed by atoms with Crippen LogP contribution in [-0.4, -0.2) is 32.7 Å². The second-order valence-corrected chi connectivity index (χ2v) is 7.93. The number of para-hydroxylation sites is 1. The monoisotopic (exact) mass is 409 g/mol. The number of thiocarbonyl (C=S) groups is 1. The Morgan fingerprint density at radius 1 is 1.18 bits per heavy atom. The molecule has 2 aromatic carbocycles. The highest BCUT2D eigenvalue weighted by Gasteiger charge is 2.34. The summed E-state index contributed by atoms with van der Waals surface area (Å²) in [6, 6.07) is 17.4. The van der Waals surface area contributed by atoms with E-state index in [-0.39, 0.29) is 10.4 Å². The molecular formula is C21H15NO4S2. The Balaban J connectivity index is 1.74. The fourth-order valence-electron chi connectivity index (χ4n) is 3.09. The highest BCUT2D eigenvalue weighted by atomic mass is 32.2. The number of thioether (sulfide) groups is 1. The van der Waals surface area contributed by atoms with Crippen molar-refractivity contribution >= 4 is 46.3 Å². The Hall–Kier alpha value is -2.90. The lowest BCUT2D eigenvalue weighted by atomic mass is 9.95. The molecule has 1 fully saturated rings. The minimum Gasteiger partial charge on any atom is -0.480 e. The third kappa shape index (κ3) is 3.58. The average molecular weight is 409 g/mol. The van der Waals surface area contributed by atoms with Gasteiger partial charge in [-0.25, -0.2) is 0 Å². The first-order valence-electron chi connectivity index (χ1n) is 8.52. The number of amides is 1. The second kappa shape index (κ2) is 7.61. The van der Waals surface area contributed by atoms with E-state index in [1.54, 1.807) is 6.08 Å². The van der Waals surface area contributed by atoms with Gasteiger partial charge in [-0.15, -0.1) is 0 Å². The van der Waals surface area contributed by atoms with Gasteiger partial charge in [0.15, 0.2) is 0 Å². The molecule has 0 saturated carbocycles. The summed E-state index contributed by atoms with van der Waals surface area (Å²) in [4.78, 5) is 25.1. The number of hydrogen-bond acceptors (Lipinski definition) is 5. The molecule has 1 atom stereocenters. The van der Waals surface area contributed by atoms with Gasteiger partial charge in [-0.2, -0.15) is 0 Å². The molecule has 28 heavy (non-hydrogen) atoms. The van der Waals surface area contributed by atoms with E-state index in [1.165, 1.54) is 0 Å². The molecule has 0 spiro atoms. The number of carboxylic acid groups (broad SMARTS) is 1. The van der Waals surface area contributed by atoms with E-state index in [0.717, 1.165) is 39.1 Å². The van der Waals surface area contributed by atoms with Gasteiger partial charge in [-0.05, 0) is 29.4 Å². The van der Waals surface area contributed by atoms with Crippen molar-refractivity contribution < 1.29 is 19.4 Å². The minimum absolute atomic E-state index is 0.243. The number of hydrogen-bond donors (Lipinski definition) is 1. The third-order valence-corrected chi connectivity index (χ3v) is 5.73. The zero-order chi connectivity index (χ0) is 19.7. The zero-order valence-corrected chi connectivity index (χ0v) is 16.2. The standard InChI is InChI=1S/C21H15NO4S2/c23-18(24)12-22-20(25)17(28-21(22)27)11-15-10-14-8-4-5-9-16(14)26-19(15)13-6-2-1-3-7-13/h1-11,19H,12H2,(H,23,24)/b17-11-. The average Bonchev–Trinajstić information content (AvgIpc) is 2.95. The van der Waals surface area contributed by atoms with Crippen LogP contribution in [0.1, 0.15) is 17.2 Å². The zero-order valence-electron chi connectivity index (χ0n) is 14.6. The summed E-state index contributed by atoms with van der Waals surface area (Å²) in [5.41, 5.74) is 2.68. The lowest BCUT2D eigenvalue weighted by molar-refractivity contribution is -0.140. The lowest BCUT2D eigenvalue weighted by Crippen LogP contribution is -2.33. The first-order valence-corrected chi connectivity index (χ1v) is 9.75. The van der Waals surface area contributed by atoms with Crippen LogP contribution in [0.25, 0.3) is 6.08 Å². The number of rotatable bonds is 4. The molecule has 7 heteroatoms. The summed E-state index contributed by atoms with van der Waals surface area (Å²) >= 11 is 6.28. The van der Waals surface area contributed by atoms with E-state index in [9.17, 15) is 9.59 Å². The number of ether oxygens (including phenoxy) is 1. The summed E-state index contributed by atoms with van der Waals surface area (Å²) in [7, 11) is 0. The molecule has 2 heterocycles. The van der Waals surface area contributed by atoms with Crippen molar-refractivity contribution in [3.8, 4) is 5.75 Å². The van der Waals surface area contributed by atoms with Crippen LogP contribution in [0.5, 0.6) is 5.75 Å². The number of carbonyl (C=O) groups is 2. The number of fused-ring (bicyclic) bond motifs is 1. The molecule has 0 radical (unpaired) electrons. The highest BCUT2D eigenvalue weighted by Crippen LogP contribution is 2.40. The van der Waals surface area contributed by atoms with Gasteiger partial charge < -0.3 is 9.84 Å². The fraction of sp³-hybridized carbons (Fsp3) is 0.0952. The molecule has 1 N–H and O–H groups in total. The number of nitrogens with zero attached hydrogens (tertiary/aromatic N) is 1. The van der Waals surface area contributed by atoms with E-state index in [0.29, 0.717) is 4.91 Å². The van der Waals surface area contributed by atoms with Gasteiger partial charge in [0.1, 0.15) is 22.7 Å². The molecule has 1 unspecified atom stereocenters. The van der Waals surface area contributed by atoms with E-state index in [4.69, 9.17) is 22.1 Å². The Morgan fingerprint density at radius 3 is 2.64 bits per heavy atom. The molecule has 1 saturated heterocycles. The topological polar surface area (TPSA) is 66.8 Å². The van der Waals surface area contributed by atoms with Crippen molar-refractivity contribution in [3.63, 3.8) is 0 Å². The molecule has 4 rings (SSSR count). The first kappa shape index (κ1) is 18.5. The maximum Gasteiger partial charge on any atom is 0.323 e. The summed E-state index contributed by atoms with van der Waals surface area (Å²) < 4.78 is 6.46. The molecule has 1 amide bonds. The minimum atomic E-state index is -1.10. The summed E-state index contributed by atoms with van der Waals surface area (Å²) in [5, 5.41) is 9.00. The lowest BCUT2D eigenvalue weighted by Gasteiger charge is -2.26. The van der Waals surface area contributed by atoms with Crippen molar-refractivity contribution in [3.05, 3.63) is 82.3 Å². The van der Waals surface area contributed by atoms with Gasteiger partial charge in [0.2, 0.25) is 0 Å². The van der Waals surface area contributed by atoms with Crippen LogP contribution in [0.3, 0.4) is 0 Å². The van der Waals surface area contributed by atoms with Crippen molar-refractivity contribution in [1.82, 2.24) is 4.90 Å². The van der Waals surface area contributed by atoms with E-state index in [2.05, 4.69) is 0 Å². The predicted molar refractivity (Wildman–Crippen MR) is 112 cm³/mol.